The summed E-state index contributed by atoms with van der Waals surface area (Å²) in [6.45, 7) is 7.83. The van der Waals surface area contributed by atoms with Gasteiger partial charge in [0.25, 0.3) is 0 Å². The lowest BCUT2D eigenvalue weighted by molar-refractivity contribution is 0.101. The van der Waals surface area contributed by atoms with Gasteiger partial charge in [-0.3, -0.25) is 4.79 Å². The minimum absolute atomic E-state index is 0.0320. The van der Waals surface area contributed by atoms with Crippen LogP contribution in [-0.2, 0) is 6.42 Å². The number of hydrogen-bond acceptors (Lipinski definition) is 5. The molecule has 1 unspecified atom stereocenters. The standard InChI is InChI=1S/C28H36FNO4/c1-18(21-8-10-22(29)11-9-21)12-15-33-28-26-24(13-16-32-26)19(2)25(20(3)31)27(28)34-17-14-30-23-6-4-5-7-23/h8-11,18,23,30H,4-7,12-17H2,1-3H3. The quantitative estimate of drug-likeness (QED) is 0.335. The van der Waals surface area contributed by atoms with E-state index in [9.17, 15) is 9.18 Å². The number of carbonyl (C=O) groups excluding carboxylic acids is 1. The minimum atomic E-state index is -0.236. The molecule has 34 heavy (non-hydrogen) atoms. The predicted octanol–water partition coefficient (Wildman–Crippen LogP) is 5.76. The van der Waals surface area contributed by atoms with E-state index in [1.807, 2.05) is 19.1 Å². The number of carbonyl (C=O) groups is 1. The molecule has 0 radical (unpaired) electrons. The molecule has 1 N–H and O–H groups in total. The molecule has 0 bridgehead atoms. The van der Waals surface area contributed by atoms with Crippen LogP contribution >= 0.6 is 0 Å². The summed E-state index contributed by atoms with van der Waals surface area (Å²) in [6.07, 6.45) is 6.49. The molecule has 0 saturated heterocycles. The van der Waals surface area contributed by atoms with Gasteiger partial charge in [0.05, 0.1) is 18.8 Å². The lowest BCUT2D eigenvalue weighted by Gasteiger charge is -2.22. The molecule has 2 aliphatic rings. The lowest BCUT2D eigenvalue weighted by Crippen LogP contribution is -2.30. The molecule has 0 aromatic heterocycles. The first-order chi connectivity index (χ1) is 16.5. The van der Waals surface area contributed by atoms with Crippen molar-refractivity contribution in [3.05, 3.63) is 52.3 Å². The Morgan fingerprint density at radius 2 is 1.85 bits per heavy atom. The van der Waals surface area contributed by atoms with E-state index < -0.39 is 0 Å². The summed E-state index contributed by atoms with van der Waals surface area (Å²) in [7, 11) is 0. The van der Waals surface area contributed by atoms with Crippen LogP contribution in [0.3, 0.4) is 0 Å². The number of halogens is 1. The summed E-state index contributed by atoms with van der Waals surface area (Å²) in [4.78, 5) is 12.7. The maximum absolute atomic E-state index is 13.3. The highest BCUT2D eigenvalue weighted by molar-refractivity contribution is 6.00. The molecule has 184 valence electrons. The van der Waals surface area contributed by atoms with Crippen LogP contribution in [0.25, 0.3) is 0 Å². The number of ketones is 1. The van der Waals surface area contributed by atoms with Crippen molar-refractivity contribution in [1.29, 1.82) is 0 Å². The Labute approximate surface area is 202 Å². The Hall–Kier alpha value is -2.60. The van der Waals surface area contributed by atoms with Crippen LogP contribution < -0.4 is 19.5 Å². The lowest BCUT2D eigenvalue weighted by atomic mass is 9.96. The van der Waals surface area contributed by atoms with Gasteiger partial charge in [-0.15, -0.1) is 0 Å². The minimum Gasteiger partial charge on any atom is -0.489 e. The Balaban J connectivity index is 1.50. The number of nitrogens with one attached hydrogen (secondary N) is 1. The molecule has 5 nitrogen and oxygen atoms in total. The van der Waals surface area contributed by atoms with E-state index in [4.69, 9.17) is 14.2 Å². The predicted molar refractivity (Wildman–Crippen MR) is 131 cm³/mol. The fourth-order valence-corrected chi connectivity index (χ4v) is 5.09. The number of benzene rings is 2. The Morgan fingerprint density at radius 1 is 1.15 bits per heavy atom. The number of fused-ring (bicyclic) bond motifs is 1. The summed E-state index contributed by atoms with van der Waals surface area (Å²) in [6, 6.07) is 7.15. The van der Waals surface area contributed by atoms with Crippen molar-refractivity contribution in [2.45, 2.75) is 71.3 Å². The van der Waals surface area contributed by atoms with Gasteiger partial charge in [-0.2, -0.15) is 0 Å². The van der Waals surface area contributed by atoms with E-state index in [-0.39, 0.29) is 17.5 Å². The van der Waals surface area contributed by atoms with E-state index in [0.717, 1.165) is 36.1 Å². The first kappa shape index (κ1) is 24.5. The van der Waals surface area contributed by atoms with E-state index in [0.29, 0.717) is 48.7 Å². The van der Waals surface area contributed by atoms with Crippen molar-refractivity contribution in [3.8, 4) is 17.2 Å². The number of Topliss-reactive ketones (excluding diaryl/α,β-unsaturated/α-hetero) is 1. The SMILES string of the molecule is CC(=O)c1c(C)c2c(c(OCCC(C)c3ccc(F)cc3)c1OCCNC1CCCC1)OCC2. The molecule has 1 heterocycles. The Morgan fingerprint density at radius 3 is 2.56 bits per heavy atom. The third-order valence-electron chi connectivity index (χ3n) is 7.06. The van der Waals surface area contributed by atoms with Crippen LogP contribution in [0.4, 0.5) is 4.39 Å². The molecular formula is C28H36FNO4. The van der Waals surface area contributed by atoms with E-state index in [1.165, 1.54) is 37.8 Å². The van der Waals surface area contributed by atoms with Gasteiger partial charge >= 0.3 is 0 Å². The smallest absolute Gasteiger partial charge is 0.204 e. The monoisotopic (exact) mass is 469 g/mol. The van der Waals surface area contributed by atoms with Crippen molar-refractivity contribution in [1.82, 2.24) is 5.32 Å². The van der Waals surface area contributed by atoms with Crippen molar-refractivity contribution in [3.63, 3.8) is 0 Å². The molecule has 1 aliphatic carbocycles. The first-order valence-electron chi connectivity index (χ1n) is 12.5. The second-order valence-electron chi connectivity index (χ2n) is 9.49. The zero-order chi connectivity index (χ0) is 24.1. The average Bonchev–Trinajstić information content (AvgIpc) is 3.51. The van der Waals surface area contributed by atoms with Crippen molar-refractivity contribution >= 4 is 5.78 Å². The van der Waals surface area contributed by atoms with Crippen LogP contribution in [0.15, 0.2) is 24.3 Å². The molecule has 1 fully saturated rings. The molecule has 0 amide bonds. The highest BCUT2D eigenvalue weighted by atomic mass is 19.1. The van der Waals surface area contributed by atoms with Gasteiger partial charge in [0, 0.05) is 24.6 Å². The normalized spacial score (nSPS) is 16.2. The third kappa shape index (κ3) is 5.54. The average molecular weight is 470 g/mol. The first-order valence-corrected chi connectivity index (χ1v) is 12.5. The number of rotatable bonds is 11. The van der Waals surface area contributed by atoms with Crippen molar-refractivity contribution in [2.24, 2.45) is 0 Å². The molecule has 0 spiro atoms. The Bertz CT molecular complexity index is 999. The van der Waals surface area contributed by atoms with Crippen LogP contribution in [-0.4, -0.2) is 38.2 Å². The van der Waals surface area contributed by atoms with Gasteiger partial charge in [-0.05, 0) is 62.3 Å². The zero-order valence-corrected chi connectivity index (χ0v) is 20.5. The van der Waals surface area contributed by atoms with Gasteiger partial charge in [0.2, 0.25) is 5.75 Å². The van der Waals surface area contributed by atoms with Crippen LogP contribution in [0.2, 0.25) is 0 Å². The highest BCUT2D eigenvalue weighted by Crippen LogP contribution is 2.48. The van der Waals surface area contributed by atoms with E-state index in [2.05, 4.69) is 12.2 Å². The topological polar surface area (TPSA) is 56.8 Å². The zero-order valence-electron chi connectivity index (χ0n) is 20.5. The molecule has 1 saturated carbocycles. The fourth-order valence-electron chi connectivity index (χ4n) is 5.09. The molecular weight excluding hydrogens is 433 g/mol. The van der Waals surface area contributed by atoms with Gasteiger partial charge in [-0.25, -0.2) is 4.39 Å². The second kappa shape index (κ2) is 11.2. The number of hydrogen-bond donors (Lipinski definition) is 1. The molecule has 1 aliphatic heterocycles. The molecule has 2 aromatic carbocycles. The van der Waals surface area contributed by atoms with E-state index >= 15 is 0 Å². The third-order valence-corrected chi connectivity index (χ3v) is 7.06. The summed E-state index contributed by atoms with van der Waals surface area (Å²) >= 11 is 0. The van der Waals surface area contributed by atoms with Crippen LogP contribution in [0.5, 0.6) is 17.2 Å². The fraction of sp³-hybridized carbons (Fsp3) is 0.536. The van der Waals surface area contributed by atoms with Gasteiger partial charge in [0.1, 0.15) is 12.4 Å². The van der Waals surface area contributed by atoms with Crippen molar-refractivity contribution in [2.75, 3.05) is 26.4 Å². The molecule has 1 atom stereocenters. The summed E-state index contributed by atoms with van der Waals surface area (Å²) in [5, 5.41) is 3.56. The Kier molecular flexibility index (Phi) is 8.09. The van der Waals surface area contributed by atoms with Gasteiger partial charge in [0.15, 0.2) is 17.3 Å². The second-order valence-corrected chi connectivity index (χ2v) is 9.49. The largest absolute Gasteiger partial charge is 0.489 e. The van der Waals surface area contributed by atoms with Crippen molar-refractivity contribution < 1.29 is 23.4 Å². The highest BCUT2D eigenvalue weighted by Gasteiger charge is 2.30. The van der Waals surface area contributed by atoms with Gasteiger partial charge in [-0.1, -0.05) is 31.9 Å². The summed E-state index contributed by atoms with van der Waals surface area (Å²) in [5.41, 5.74) is 3.61. The number of ether oxygens (including phenoxy) is 3. The summed E-state index contributed by atoms with van der Waals surface area (Å²) < 4.78 is 31.7. The molecule has 4 rings (SSSR count). The molecule has 6 heteroatoms. The summed E-state index contributed by atoms with van der Waals surface area (Å²) in [5.74, 6) is 1.67. The van der Waals surface area contributed by atoms with Crippen LogP contribution in [0.1, 0.15) is 78.9 Å². The van der Waals surface area contributed by atoms with Crippen LogP contribution in [0, 0.1) is 12.7 Å². The van der Waals surface area contributed by atoms with Gasteiger partial charge < -0.3 is 19.5 Å². The van der Waals surface area contributed by atoms with E-state index in [1.54, 1.807) is 6.92 Å². The molecule has 2 aromatic rings. The maximum Gasteiger partial charge on any atom is 0.204 e. The maximum atomic E-state index is 13.3.